The summed E-state index contributed by atoms with van der Waals surface area (Å²) >= 11 is 7.90. The number of nitrogens with two attached hydrogens (primary N) is 1. The van der Waals surface area contributed by atoms with E-state index in [1.54, 1.807) is 13.8 Å². The van der Waals surface area contributed by atoms with Gasteiger partial charge in [-0.25, -0.2) is 17.7 Å². The summed E-state index contributed by atoms with van der Waals surface area (Å²) in [7, 11) is -2.19. The lowest BCUT2D eigenvalue weighted by molar-refractivity contribution is 0.394. The highest BCUT2D eigenvalue weighted by molar-refractivity contribution is 7.89. The van der Waals surface area contributed by atoms with Crippen molar-refractivity contribution in [3.05, 3.63) is 46.1 Å². The second kappa shape index (κ2) is 6.82. The summed E-state index contributed by atoms with van der Waals surface area (Å²) in [6.45, 7) is 3.46. The molecule has 0 aliphatic carbocycles. The first-order valence-corrected chi connectivity index (χ1v) is 11.4. The highest BCUT2D eigenvalue weighted by atomic mass is 35.5. The molecule has 2 aromatic heterocycles. The van der Waals surface area contributed by atoms with Crippen LogP contribution in [-0.2, 0) is 15.6 Å². The van der Waals surface area contributed by atoms with Crippen LogP contribution < -0.4 is 5.73 Å². The molecule has 0 saturated carbocycles. The molecule has 1 aliphatic heterocycles. The number of hydrogen-bond acceptors (Lipinski definition) is 8. The molecule has 8 nitrogen and oxygen atoms in total. The van der Waals surface area contributed by atoms with E-state index in [0.717, 1.165) is 20.3 Å². The third kappa shape index (κ3) is 3.52. The van der Waals surface area contributed by atoms with E-state index < -0.39 is 15.6 Å². The standard InChI is InChI=1S/C18H18ClN5O3S2/c1-10-21-16(23-27-10)12-6-4-5-11(7-12)14-8-13(19)15(28-14)18(2)9-29(25,26)24(3)17(20)22-18/h4-8H,9H2,1-3H3,(H2,20,22). The topological polar surface area (TPSA) is 115 Å². The summed E-state index contributed by atoms with van der Waals surface area (Å²) in [5, 5.41) is 4.40. The molecular weight excluding hydrogens is 434 g/mol. The van der Waals surface area contributed by atoms with E-state index >= 15 is 0 Å². The number of hydrogen-bond donors (Lipinski definition) is 1. The van der Waals surface area contributed by atoms with Crippen LogP contribution in [0, 0.1) is 6.92 Å². The molecule has 1 unspecified atom stereocenters. The SMILES string of the molecule is Cc1nc(-c2cccc(-c3cc(Cl)c(C4(C)CS(=O)(=O)N(C)C(N)=N4)s3)c2)no1. The van der Waals surface area contributed by atoms with Crippen molar-refractivity contribution >= 4 is 38.9 Å². The van der Waals surface area contributed by atoms with Gasteiger partial charge in [0.2, 0.25) is 27.7 Å². The largest absolute Gasteiger partial charge is 0.369 e. The molecule has 1 aromatic carbocycles. The molecule has 4 rings (SSSR count). The summed E-state index contributed by atoms with van der Waals surface area (Å²) in [5.74, 6) is 0.718. The predicted octanol–water partition coefficient (Wildman–Crippen LogP) is 3.23. The third-order valence-corrected chi connectivity index (χ3v) is 8.47. The molecule has 152 valence electrons. The summed E-state index contributed by atoms with van der Waals surface area (Å²) in [6, 6.07) is 9.46. The van der Waals surface area contributed by atoms with Gasteiger partial charge in [-0.15, -0.1) is 11.3 Å². The number of aliphatic imine (C=N–C) groups is 1. The van der Waals surface area contributed by atoms with Crippen LogP contribution in [0.4, 0.5) is 0 Å². The van der Waals surface area contributed by atoms with Crippen molar-refractivity contribution in [3.8, 4) is 21.8 Å². The third-order valence-electron chi connectivity index (χ3n) is 4.67. The molecule has 0 radical (unpaired) electrons. The minimum atomic E-state index is -3.58. The van der Waals surface area contributed by atoms with Gasteiger partial charge in [0.05, 0.1) is 15.7 Å². The number of aryl methyl sites for hydroxylation is 1. The quantitative estimate of drug-likeness (QED) is 0.653. The monoisotopic (exact) mass is 451 g/mol. The molecule has 29 heavy (non-hydrogen) atoms. The Kier molecular flexibility index (Phi) is 4.67. The summed E-state index contributed by atoms with van der Waals surface area (Å²) in [4.78, 5) is 10.2. The van der Waals surface area contributed by atoms with Crippen LogP contribution in [0.1, 0.15) is 17.7 Å². The van der Waals surface area contributed by atoms with Crippen molar-refractivity contribution in [3.63, 3.8) is 0 Å². The van der Waals surface area contributed by atoms with Crippen molar-refractivity contribution in [2.24, 2.45) is 10.7 Å². The lowest BCUT2D eigenvalue weighted by atomic mass is 10.0. The molecule has 1 atom stereocenters. The average molecular weight is 452 g/mol. The van der Waals surface area contributed by atoms with Crippen LogP contribution in [0.25, 0.3) is 21.8 Å². The van der Waals surface area contributed by atoms with E-state index in [1.165, 1.54) is 18.4 Å². The summed E-state index contributed by atoms with van der Waals surface area (Å²) in [5.41, 5.74) is 6.51. The fourth-order valence-electron chi connectivity index (χ4n) is 3.17. The van der Waals surface area contributed by atoms with Gasteiger partial charge in [0.25, 0.3) is 0 Å². The second-order valence-corrected chi connectivity index (χ2v) is 10.4. The molecular formula is C18H18ClN5O3S2. The van der Waals surface area contributed by atoms with Crippen LogP contribution in [0.2, 0.25) is 5.02 Å². The summed E-state index contributed by atoms with van der Waals surface area (Å²) < 4.78 is 31.0. The van der Waals surface area contributed by atoms with Crippen molar-refractivity contribution in [1.29, 1.82) is 0 Å². The van der Waals surface area contributed by atoms with E-state index in [0.29, 0.717) is 21.6 Å². The molecule has 0 bridgehead atoms. The first-order valence-electron chi connectivity index (χ1n) is 8.62. The fourth-order valence-corrected chi connectivity index (χ4v) is 6.33. The van der Waals surface area contributed by atoms with Crippen molar-refractivity contribution < 1.29 is 12.9 Å². The minimum absolute atomic E-state index is 0.0563. The van der Waals surface area contributed by atoms with E-state index in [-0.39, 0.29) is 11.7 Å². The van der Waals surface area contributed by atoms with Crippen LogP contribution in [-0.4, -0.2) is 41.6 Å². The Morgan fingerprint density at radius 1 is 1.31 bits per heavy atom. The number of nitrogens with zero attached hydrogens (tertiary/aromatic N) is 4. The van der Waals surface area contributed by atoms with Crippen molar-refractivity contribution in [2.75, 3.05) is 12.8 Å². The molecule has 0 spiro atoms. The molecule has 1 aliphatic rings. The zero-order valence-electron chi connectivity index (χ0n) is 15.9. The molecule has 2 N–H and O–H groups in total. The van der Waals surface area contributed by atoms with E-state index in [2.05, 4.69) is 15.1 Å². The van der Waals surface area contributed by atoms with Crippen LogP contribution in [0.15, 0.2) is 39.8 Å². The Balaban J connectivity index is 1.76. The molecule has 11 heteroatoms. The smallest absolute Gasteiger partial charge is 0.239 e. The Morgan fingerprint density at radius 3 is 2.69 bits per heavy atom. The molecule has 0 fully saturated rings. The second-order valence-electron chi connectivity index (χ2n) is 6.97. The zero-order valence-corrected chi connectivity index (χ0v) is 18.3. The van der Waals surface area contributed by atoms with Gasteiger partial charge >= 0.3 is 0 Å². The number of aromatic nitrogens is 2. The maximum Gasteiger partial charge on any atom is 0.239 e. The van der Waals surface area contributed by atoms with E-state index in [4.69, 9.17) is 21.9 Å². The highest BCUT2D eigenvalue weighted by Gasteiger charge is 2.42. The minimum Gasteiger partial charge on any atom is -0.369 e. The van der Waals surface area contributed by atoms with Gasteiger partial charge in [0.15, 0.2) is 0 Å². The van der Waals surface area contributed by atoms with Crippen LogP contribution >= 0.6 is 22.9 Å². The van der Waals surface area contributed by atoms with Crippen molar-refractivity contribution in [2.45, 2.75) is 19.4 Å². The number of rotatable bonds is 3. The maximum absolute atomic E-state index is 12.5. The van der Waals surface area contributed by atoms with Crippen LogP contribution in [0.5, 0.6) is 0 Å². The Labute approximate surface area is 177 Å². The molecule has 0 amide bonds. The van der Waals surface area contributed by atoms with Crippen molar-refractivity contribution in [1.82, 2.24) is 14.4 Å². The van der Waals surface area contributed by atoms with Gasteiger partial charge in [-0.2, -0.15) is 4.98 Å². The van der Waals surface area contributed by atoms with E-state index in [9.17, 15) is 8.42 Å². The number of guanidine groups is 1. The first-order chi connectivity index (χ1) is 13.6. The van der Waals surface area contributed by atoms with Gasteiger partial charge in [-0.1, -0.05) is 35.0 Å². The molecule has 0 saturated heterocycles. The Bertz CT molecular complexity index is 1230. The fraction of sp³-hybridized carbons (Fsp3) is 0.278. The number of thiophene rings is 1. The van der Waals surface area contributed by atoms with Gasteiger partial charge in [0.1, 0.15) is 5.54 Å². The lowest BCUT2D eigenvalue weighted by Gasteiger charge is -2.33. The van der Waals surface area contributed by atoms with Gasteiger partial charge in [-0.05, 0) is 24.6 Å². The normalized spacial score (nSPS) is 21.2. The number of benzene rings is 1. The highest BCUT2D eigenvalue weighted by Crippen LogP contribution is 2.44. The zero-order chi connectivity index (χ0) is 21.0. The van der Waals surface area contributed by atoms with Crippen LogP contribution in [0.3, 0.4) is 0 Å². The Morgan fingerprint density at radius 2 is 2.03 bits per heavy atom. The molecule has 3 aromatic rings. The number of halogens is 1. The lowest BCUT2D eigenvalue weighted by Crippen LogP contribution is -2.50. The maximum atomic E-state index is 12.5. The van der Waals surface area contributed by atoms with E-state index in [1.807, 2.05) is 30.3 Å². The first kappa shape index (κ1) is 19.9. The van der Waals surface area contributed by atoms with Gasteiger partial charge in [-0.3, -0.25) is 0 Å². The molecule has 3 heterocycles. The van der Waals surface area contributed by atoms with Gasteiger partial charge in [0, 0.05) is 24.4 Å². The predicted molar refractivity (Wildman–Crippen MR) is 113 cm³/mol. The van der Waals surface area contributed by atoms with Gasteiger partial charge < -0.3 is 10.3 Å². The Hall–Kier alpha value is -2.43. The average Bonchev–Trinajstić information content (AvgIpc) is 3.26. The number of sulfonamides is 1. The summed E-state index contributed by atoms with van der Waals surface area (Å²) in [6.07, 6.45) is 0.